The fourth-order valence-electron chi connectivity index (χ4n) is 3.25. The highest BCUT2D eigenvalue weighted by molar-refractivity contribution is 5.85. The molecule has 1 saturated carbocycles. The summed E-state index contributed by atoms with van der Waals surface area (Å²) in [6.45, 7) is 0. The second kappa shape index (κ2) is 6.71. The minimum absolute atomic E-state index is 0.280. The van der Waals surface area contributed by atoms with Gasteiger partial charge in [0.1, 0.15) is 5.78 Å². The molecule has 1 nitrogen and oxygen atoms in total. The summed E-state index contributed by atoms with van der Waals surface area (Å²) < 4.78 is 0. The van der Waals surface area contributed by atoms with E-state index in [-0.39, 0.29) is 5.92 Å². The Morgan fingerprint density at radius 1 is 1.00 bits per heavy atom. The standard InChI is InChI=1S/C20H22O/c21-20-15-6-4-11-18(20)10-2-1-8-16-12-7-13-17-9-3-5-14-19(16)17/h1-3,5,7,9,12-14,18H,4,6,8,10-11,15H2. The van der Waals surface area contributed by atoms with Gasteiger partial charge in [0.25, 0.3) is 0 Å². The van der Waals surface area contributed by atoms with E-state index in [0.29, 0.717) is 5.78 Å². The maximum atomic E-state index is 11.8. The quantitative estimate of drug-likeness (QED) is 0.712. The molecule has 0 N–H and O–H groups in total. The number of allylic oxidation sites excluding steroid dienone is 2. The maximum absolute atomic E-state index is 11.8. The lowest BCUT2D eigenvalue weighted by atomic mass is 9.85. The number of hydrogen-bond acceptors (Lipinski definition) is 1. The maximum Gasteiger partial charge on any atom is 0.136 e. The van der Waals surface area contributed by atoms with E-state index in [1.807, 2.05) is 0 Å². The molecule has 0 bridgehead atoms. The first-order valence-corrected chi connectivity index (χ1v) is 7.99. The molecule has 108 valence electrons. The molecular weight excluding hydrogens is 256 g/mol. The molecule has 0 aliphatic heterocycles. The van der Waals surface area contributed by atoms with Gasteiger partial charge in [-0.3, -0.25) is 4.79 Å². The number of ketones is 1. The van der Waals surface area contributed by atoms with Gasteiger partial charge in [0.05, 0.1) is 0 Å². The van der Waals surface area contributed by atoms with Crippen LogP contribution in [0.2, 0.25) is 0 Å². The molecule has 2 aromatic carbocycles. The molecule has 3 rings (SSSR count). The predicted octanol–water partition coefficient (Wildman–Crippen LogP) is 5.09. The third kappa shape index (κ3) is 3.41. The van der Waals surface area contributed by atoms with Crippen LogP contribution in [0.25, 0.3) is 10.8 Å². The minimum atomic E-state index is 0.280. The van der Waals surface area contributed by atoms with Crippen molar-refractivity contribution in [3.63, 3.8) is 0 Å². The van der Waals surface area contributed by atoms with E-state index in [4.69, 9.17) is 0 Å². The zero-order chi connectivity index (χ0) is 14.5. The van der Waals surface area contributed by atoms with Gasteiger partial charge in [0.2, 0.25) is 0 Å². The first-order chi connectivity index (χ1) is 10.3. The van der Waals surface area contributed by atoms with E-state index in [0.717, 1.165) is 32.1 Å². The molecule has 1 unspecified atom stereocenters. The second-order valence-electron chi connectivity index (χ2n) is 5.96. The Kier molecular flexibility index (Phi) is 4.49. The molecule has 21 heavy (non-hydrogen) atoms. The molecule has 0 heterocycles. The Bertz CT molecular complexity index is 648. The lowest BCUT2D eigenvalue weighted by Crippen LogP contribution is -2.17. The first kappa shape index (κ1) is 14.1. The second-order valence-corrected chi connectivity index (χ2v) is 5.96. The van der Waals surface area contributed by atoms with Gasteiger partial charge in [-0.05, 0) is 42.0 Å². The largest absolute Gasteiger partial charge is 0.299 e. The molecule has 1 atom stereocenters. The average molecular weight is 278 g/mol. The van der Waals surface area contributed by atoms with Crippen molar-refractivity contribution < 1.29 is 4.79 Å². The summed E-state index contributed by atoms with van der Waals surface area (Å²) in [6.07, 6.45) is 10.5. The van der Waals surface area contributed by atoms with Crippen LogP contribution in [0.15, 0.2) is 54.6 Å². The molecular formula is C20H22O. The SMILES string of the molecule is O=C1CCCCC1CC=CCc1cccc2ccccc12. The van der Waals surface area contributed by atoms with Crippen molar-refractivity contribution in [1.29, 1.82) is 0 Å². The van der Waals surface area contributed by atoms with Gasteiger partial charge in [0.15, 0.2) is 0 Å². The molecule has 2 aromatic rings. The van der Waals surface area contributed by atoms with Gasteiger partial charge in [-0.2, -0.15) is 0 Å². The number of hydrogen-bond donors (Lipinski definition) is 0. The van der Waals surface area contributed by atoms with Crippen molar-refractivity contribution in [1.82, 2.24) is 0 Å². The predicted molar refractivity (Wildman–Crippen MR) is 88.4 cm³/mol. The Morgan fingerprint density at radius 2 is 1.86 bits per heavy atom. The molecule has 1 heteroatoms. The van der Waals surface area contributed by atoms with Gasteiger partial charge in [-0.25, -0.2) is 0 Å². The van der Waals surface area contributed by atoms with Crippen molar-refractivity contribution in [2.24, 2.45) is 5.92 Å². The van der Waals surface area contributed by atoms with Gasteiger partial charge in [-0.15, -0.1) is 0 Å². The number of fused-ring (bicyclic) bond motifs is 1. The Balaban J connectivity index is 1.63. The molecule has 0 aromatic heterocycles. The lowest BCUT2D eigenvalue weighted by molar-refractivity contribution is -0.124. The van der Waals surface area contributed by atoms with E-state index in [2.05, 4.69) is 54.6 Å². The molecule has 1 aliphatic carbocycles. The van der Waals surface area contributed by atoms with Crippen LogP contribution in [0, 0.1) is 5.92 Å². The van der Waals surface area contributed by atoms with E-state index in [1.165, 1.54) is 22.8 Å². The van der Waals surface area contributed by atoms with Gasteiger partial charge >= 0.3 is 0 Å². The van der Waals surface area contributed by atoms with Crippen LogP contribution < -0.4 is 0 Å². The van der Waals surface area contributed by atoms with Crippen LogP contribution in [0.1, 0.15) is 37.7 Å². The van der Waals surface area contributed by atoms with Crippen molar-refractivity contribution >= 4 is 16.6 Å². The summed E-state index contributed by atoms with van der Waals surface area (Å²) in [7, 11) is 0. The number of carbonyl (C=O) groups is 1. The lowest BCUT2D eigenvalue weighted by Gasteiger charge is -2.18. The van der Waals surface area contributed by atoms with Crippen molar-refractivity contribution in [3.05, 3.63) is 60.2 Å². The van der Waals surface area contributed by atoms with Crippen molar-refractivity contribution in [2.75, 3.05) is 0 Å². The van der Waals surface area contributed by atoms with Crippen LogP contribution >= 0.6 is 0 Å². The van der Waals surface area contributed by atoms with Crippen LogP contribution in [0.3, 0.4) is 0 Å². The molecule has 0 saturated heterocycles. The zero-order valence-electron chi connectivity index (χ0n) is 12.4. The average Bonchev–Trinajstić information content (AvgIpc) is 2.53. The Morgan fingerprint density at radius 3 is 2.76 bits per heavy atom. The van der Waals surface area contributed by atoms with Crippen LogP contribution in [0.4, 0.5) is 0 Å². The summed E-state index contributed by atoms with van der Waals surface area (Å²) in [5, 5.41) is 2.63. The number of Topliss-reactive ketones (excluding diaryl/α,β-unsaturated/α-hetero) is 1. The highest BCUT2D eigenvalue weighted by Crippen LogP contribution is 2.24. The zero-order valence-corrected chi connectivity index (χ0v) is 12.4. The summed E-state index contributed by atoms with van der Waals surface area (Å²) in [5.41, 5.74) is 1.36. The number of benzene rings is 2. The van der Waals surface area contributed by atoms with Gasteiger partial charge in [-0.1, -0.05) is 61.0 Å². The normalized spacial score (nSPS) is 19.4. The smallest absolute Gasteiger partial charge is 0.136 e. The highest BCUT2D eigenvalue weighted by Gasteiger charge is 2.20. The summed E-state index contributed by atoms with van der Waals surface area (Å²) in [5.74, 6) is 0.749. The highest BCUT2D eigenvalue weighted by atomic mass is 16.1. The Hall–Kier alpha value is -1.89. The molecule has 0 spiro atoms. The van der Waals surface area contributed by atoms with E-state index < -0.39 is 0 Å². The van der Waals surface area contributed by atoms with E-state index in [1.54, 1.807) is 0 Å². The van der Waals surface area contributed by atoms with Crippen LogP contribution in [0.5, 0.6) is 0 Å². The summed E-state index contributed by atoms with van der Waals surface area (Å²) in [4.78, 5) is 11.8. The molecule has 1 fully saturated rings. The van der Waals surface area contributed by atoms with E-state index in [9.17, 15) is 4.79 Å². The van der Waals surface area contributed by atoms with Crippen LogP contribution in [-0.2, 0) is 11.2 Å². The topological polar surface area (TPSA) is 17.1 Å². The Labute approximate surface area is 126 Å². The van der Waals surface area contributed by atoms with Crippen molar-refractivity contribution in [3.8, 4) is 0 Å². The number of carbonyl (C=O) groups excluding carboxylic acids is 1. The monoisotopic (exact) mass is 278 g/mol. The summed E-state index contributed by atoms with van der Waals surface area (Å²) in [6, 6.07) is 15.0. The third-order valence-electron chi connectivity index (χ3n) is 4.49. The van der Waals surface area contributed by atoms with E-state index >= 15 is 0 Å². The van der Waals surface area contributed by atoms with Gasteiger partial charge < -0.3 is 0 Å². The number of rotatable bonds is 4. The molecule has 0 radical (unpaired) electrons. The minimum Gasteiger partial charge on any atom is -0.299 e. The third-order valence-corrected chi connectivity index (χ3v) is 4.49. The van der Waals surface area contributed by atoms with Gasteiger partial charge in [0, 0.05) is 12.3 Å². The molecule has 0 amide bonds. The van der Waals surface area contributed by atoms with Crippen molar-refractivity contribution in [2.45, 2.75) is 38.5 Å². The fraction of sp³-hybridized carbons (Fsp3) is 0.350. The van der Waals surface area contributed by atoms with Crippen LogP contribution in [-0.4, -0.2) is 5.78 Å². The summed E-state index contributed by atoms with van der Waals surface area (Å²) >= 11 is 0. The molecule has 1 aliphatic rings. The fourth-order valence-corrected chi connectivity index (χ4v) is 3.25. The first-order valence-electron chi connectivity index (χ1n) is 7.99.